The van der Waals surface area contributed by atoms with Crippen molar-refractivity contribution < 1.29 is 0 Å². The Bertz CT molecular complexity index is 433. The Morgan fingerprint density at radius 3 is 2.35 bits per heavy atom. The van der Waals surface area contributed by atoms with Gasteiger partial charge in [0.15, 0.2) is 0 Å². The minimum absolute atomic E-state index is 0.478. The molecule has 110 valence electrons. The van der Waals surface area contributed by atoms with E-state index in [1.54, 1.807) is 0 Å². The summed E-state index contributed by atoms with van der Waals surface area (Å²) in [4.78, 5) is 3.14. The summed E-state index contributed by atoms with van der Waals surface area (Å²) in [6, 6.07) is 9.18. The lowest BCUT2D eigenvalue weighted by atomic mass is 10.1. The summed E-state index contributed by atoms with van der Waals surface area (Å²) in [5.74, 6) is 0.714. The number of nitrogens with two attached hydrogens (primary N) is 1. The average Bonchev–Trinajstić information content (AvgIpc) is 2.92. The first kappa shape index (κ1) is 15.5. The Morgan fingerprint density at radius 2 is 1.85 bits per heavy atom. The molecular formula is C17H26N2S. The van der Waals surface area contributed by atoms with Crippen molar-refractivity contribution in [3.05, 3.63) is 35.4 Å². The summed E-state index contributed by atoms with van der Waals surface area (Å²) in [5.41, 5.74) is 7.97. The SMILES string of the molecule is CC(C)CN(Cc1ccc(C(N)=S)cc1)C1CCCC1. The van der Waals surface area contributed by atoms with Crippen LogP contribution < -0.4 is 5.73 Å². The van der Waals surface area contributed by atoms with E-state index < -0.39 is 0 Å². The van der Waals surface area contributed by atoms with Crippen molar-refractivity contribution >= 4 is 17.2 Å². The van der Waals surface area contributed by atoms with Crippen LogP contribution in [0, 0.1) is 5.92 Å². The van der Waals surface area contributed by atoms with Gasteiger partial charge in [-0.3, -0.25) is 4.90 Å². The molecular weight excluding hydrogens is 264 g/mol. The van der Waals surface area contributed by atoms with Gasteiger partial charge in [-0.2, -0.15) is 0 Å². The minimum Gasteiger partial charge on any atom is -0.389 e. The standard InChI is InChI=1S/C17H26N2S/c1-13(2)11-19(16-5-3-4-6-16)12-14-7-9-15(10-8-14)17(18)20/h7-10,13,16H,3-6,11-12H2,1-2H3,(H2,18,20). The number of hydrogen-bond acceptors (Lipinski definition) is 2. The zero-order chi connectivity index (χ0) is 14.5. The molecule has 2 nitrogen and oxygen atoms in total. The second kappa shape index (κ2) is 7.19. The first-order valence-corrected chi connectivity index (χ1v) is 8.10. The highest BCUT2D eigenvalue weighted by molar-refractivity contribution is 7.80. The molecule has 0 unspecified atom stereocenters. The highest BCUT2D eigenvalue weighted by Gasteiger charge is 2.23. The van der Waals surface area contributed by atoms with E-state index in [9.17, 15) is 0 Å². The maximum atomic E-state index is 5.65. The highest BCUT2D eigenvalue weighted by Crippen LogP contribution is 2.25. The van der Waals surface area contributed by atoms with Crippen molar-refractivity contribution in [3.8, 4) is 0 Å². The lowest BCUT2D eigenvalue weighted by Gasteiger charge is -2.30. The van der Waals surface area contributed by atoms with Gasteiger partial charge >= 0.3 is 0 Å². The van der Waals surface area contributed by atoms with E-state index >= 15 is 0 Å². The number of rotatable bonds is 6. The molecule has 0 aliphatic heterocycles. The highest BCUT2D eigenvalue weighted by atomic mass is 32.1. The molecule has 2 N–H and O–H groups in total. The topological polar surface area (TPSA) is 29.3 Å². The zero-order valence-corrected chi connectivity index (χ0v) is 13.5. The Balaban J connectivity index is 2.04. The molecule has 0 spiro atoms. The van der Waals surface area contributed by atoms with Crippen molar-refractivity contribution in [2.75, 3.05) is 6.54 Å². The van der Waals surface area contributed by atoms with Crippen LogP contribution >= 0.6 is 12.2 Å². The Hall–Kier alpha value is -0.930. The van der Waals surface area contributed by atoms with Gasteiger partial charge < -0.3 is 5.73 Å². The number of nitrogens with zero attached hydrogens (tertiary/aromatic N) is 1. The molecule has 0 radical (unpaired) electrons. The quantitative estimate of drug-likeness (QED) is 0.810. The fourth-order valence-corrected chi connectivity index (χ4v) is 3.23. The maximum absolute atomic E-state index is 5.65. The summed E-state index contributed by atoms with van der Waals surface area (Å²) in [7, 11) is 0. The van der Waals surface area contributed by atoms with E-state index in [1.807, 2.05) is 12.1 Å². The number of hydrogen-bond donors (Lipinski definition) is 1. The first-order valence-electron chi connectivity index (χ1n) is 7.69. The number of thiocarbonyl (C=S) groups is 1. The fourth-order valence-electron chi connectivity index (χ4n) is 3.09. The van der Waals surface area contributed by atoms with E-state index in [0.29, 0.717) is 10.9 Å². The van der Waals surface area contributed by atoms with Crippen molar-refractivity contribution in [2.45, 2.75) is 52.1 Å². The van der Waals surface area contributed by atoms with Gasteiger partial charge in [0.2, 0.25) is 0 Å². The Morgan fingerprint density at radius 1 is 1.25 bits per heavy atom. The smallest absolute Gasteiger partial charge is 0.103 e. The molecule has 0 heterocycles. The fraction of sp³-hybridized carbons (Fsp3) is 0.588. The van der Waals surface area contributed by atoms with Crippen LogP contribution in [0.4, 0.5) is 0 Å². The molecule has 0 amide bonds. The van der Waals surface area contributed by atoms with Gasteiger partial charge in [-0.25, -0.2) is 0 Å². The van der Waals surface area contributed by atoms with E-state index in [4.69, 9.17) is 18.0 Å². The predicted octanol–water partition coefficient (Wildman–Crippen LogP) is 3.72. The van der Waals surface area contributed by atoms with Crippen LogP contribution in [-0.2, 0) is 6.54 Å². The summed E-state index contributed by atoms with van der Waals surface area (Å²) in [5, 5.41) is 0. The van der Waals surface area contributed by atoms with Crippen LogP contribution in [0.3, 0.4) is 0 Å². The van der Waals surface area contributed by atoms with Crippen LogP contribution in [0.2, 0.25) is 0 Å². The normalized spacial score (nSPS) is 16.2. The molecule has 3 heteroatoms. The summed E-state index contributed by atoms with van der Waals surface area (Å²) < 4.78 is 0. The van der Waals surface area contributed by atoms with Gasteiger partial charge in [0.1, 0.15) is 4.99 Å². The molecule has 0 bridgehead atoms. The van der Waals surface area contributed by atoms with Crippen LogP contribution in [0.25, 0.3) is 0 Å². The van der Waals surface area contributed by atoms with Gasteiger partial charge in [-0.15, -0.1) is 0 Å². The summed E-state index contributed by atoms with van der Waals surface area (Å²) in [6.45, 7) is 6.83. The van der Waals surface area contributed by atoms with Crippen LogP contribution in [0.15, 0.2) is 24.3 Å². The van der Waals surface area contributed by atoms with E-state index in [0.717, 1.165) is 18.2 Å². The third-order valence-electron chi connectivity index (χ3n) is 4.06. The average molecular weight is 290 g/mol. The molecule has 20 heavy (non-hydrogen) atoms. The maximum Gasteiger partial charge on any atom is 0.103 e. The van der Waals surface area contributed by atoms with Gasteiger partial charge in [0.25, 0.3) is 0 Å². The van der Waals surface area contributed by atoms with Gasteiger partial charge in [0, 0.05) is 24.7 Å². The molecule has 1 aliphatic rings. The molecule has 0 saturated heterocycles. The first-order chi connectivity index (χ1) is 9.56. The van der Waals surface area contributed by atoms with E-state index in [-0.39, 0.29) is 0 Å². The van der Waals surface area contributed by atoms with Gasteiger partial charge in [-0.1, -0.05) is 63.2 Å². The molecule has 1 saturated carbocycles. The Labute approximate surface area is 128 Å². The lowest BCUT2D eigenvalue weighted by molar-refractivity contribution is 0.168. The van der Waals surface area contributed by atoms with Crippen molar-refractivity contribution in [2.24, 2.45) is 11.7 Å². The second-order valence-corrected chi connectivity index (χ2v) is 6.76. The van der Waals surface area contributed by atoms with Crippen molar-refractivity contribution in [1.29, 1.82) is 0 Å². The van der Waals surface area contributed by atoms with Crippen LogP contribution in [-0.4, -0.2) is 22.5 Å². The molecule has 1 aromatic carbocycles. The molecule has 0 atom stereocenters. The summed E-state index contributed by atoms with van der Waals surface area (Å²) >= 11 is 5.00. The van der Waals surface area contributed by atoms with E-state index in [1.165, 1.54) is 37.8 Å². The van der Waals surface area contributed by atoms with Gasteiger partial charge in [0.05, 0.1) is 0 Å². The Kier molecular flexibility index (Phi) is 5.55. The zero-order valence-electron chi connectivity index (χ0n) is 12.6. The third-order valence-corrected chi connectivity index (χ3v) is 4.30. The van der Waals surface area contributed by atoms with Crippen LogP contribution in [0.1, 0.15) is 50.7 Å². The predicted molar refractivity (Wildman–Crippen MR) is 89.8 cm³/mol. The largest absolute Gasteiger partial charge is 0.389 e. The molecule has 1 aliphatic carbocycles. The molecule has 1 fully saturated rings. The lowest BCUT2D eigenvalue weighted by Crippen LogP contribution is -2.35. The monoisotopic (exact) mass is 290 g/mol. The molecule has 2 rings (SSSR count). The molecule has 0 aromatic heterocycles. The third kappa shape index (κ3) is 4.29. The van der Waals surface area contributed by atoms with Crippen LogP contribution in [0.5, 0.6) is 0 Å². The van der Waals surface area contributed by atoms with E-state index in [2.05, 4.69) is 30.9 Å². The van der Waals surface area contributed by atoms with Crippen molar-refractivity contribution in [3.63, 3.8) is 0 Å². The minimum atomic E-state index is 0.478. The molecule has 1 aromatic rings. The second-order valence-electron chi connectivity index (χ2n) is 6.32. The number of benzene rings is 1. The summed E-state index contributed by atoms with van der Waals surface area (Å²) in [6.07, 6.45) is 5.49. The van der Waals surface area contributed by atoms with Gasteiger partial charge in [-0.05, 0) is 24.3 Å². The van der Waals surface area contributed by atoms with Crippen molar-refractivity contribution in [1.82, 2.24) is 4.90 Å².